The summed E-state index contributed by atoms with van der Waals surface area (Å²) in [4.78, 5) is 10.3. The number of hydrogen-bond donors (Lipinski definition) is 2. The summed E-state index contributed by atoms with van der Waals surface area (Å²) in [6, 6.07) is 4.23. The maximum atomic E-state index is 10.3. The van der Waals surface area contributed by atoms with Gasteiger partial charge in [-0.2, -0.15) is 0 Å². The van der Waals surface area contributed by atoms with Crippen LogP contribution in [0.4, 0.5) is 11.4 Å². The largest absolute Gasteiger partial charge is 1.00 e. The minimum absolute atomic E-state index is 0. The Kier molecular flexibility index (Phi) is 4.09. The van der Waals surface area contributed by atoms with Crippen LogP contribution in [0.1, 0.15) is 10.4 Å². The summed E-state index contributed by atoms with van der Waals surface area (Å²) in [6.45, 7) is 0. The number of nitrogen functional groups attached to an aromatic ring is 2. The number of carboxylic acid groups (broad SMARTS) is 1. The standard InChI is InChI=1S/C7H8N2O2.Na/c8-4-1-2-6(9)5(3-4)7(10)11;/h1-3H,8-9H2,(H,10,11);/q;+1/p-1. The number of benzene rings is 1. The molecule has 4 N–H and O–H groups in total. The molecule has 12 heavy (non-hydrogen) atoms. The van der Waals surface area contributed by atoms with Crippen LogP contribution in [0.5, 0.6) is 0 Å². The Balaban J connectivity index is 0.00000121. The van der Waals surface area contributed by atoms with E-state index in [1.165, 1.54) is 18.2 Å². The first-order valence-corrected chi connectivity index (χ1v) is 2.97. The fourth-order valence-electron chi connectivity index (χ4n) is 0.751. The smallest absolute Gasteiger partial charge is 0.545 e. The first-order chi connectivity index (χ1) is 5.11. The quantitative estimate of drug-likeness (QED) is 0.337. The number of rotatable bonds is 1. The predicted octanol–water partition coefficient (Wildman–Crippen LogP) is -3.78. The molecule has 1 aromatic carbocycles. The summed E-state index contributed by atoms with van der Waals surface area (Å²) in [7, 11) is 0. The summed E-state index contributed by atoms with van der Waals surface area (Å²) in [5, 5.41) is 10.3. The van der Waals surface area contributed by atoms with Gasteiger partial charge in [-0.05, 0) is 18.2 Å². The van der Waals surface area contributed by atoms with Crippen molar-refractivity contribution in [2.75, 3.05) is 11.5 Å². The molecule has 1 rings (SSSR count). The van der Waals surface area contributed by atoms with Gasteiger partial charge in [0.2, 0.25) is 0 Å². The van der Waals surface area contributed by atoms with Crippen LogP contribution in [0.25, 0.3) is 0 Å². The van der Waals surface area contributed by atoms with Crippen LogP contribution in [-0.4, -0.2) is 5.97 Å². The van der Waals surface area contributed by atoms with Crippen molar-refractivity contribution < 1.29 is 39.5 Å². The Labute approximate surface area is 91.8 Å². The minimum Gasteiger partial charge on any atom is -0.545 e. The van der Waals surface area contributed by atoms with Gasteiger partial charge in [-0.25, -0.2) is 0 Å². The topological polar surface area (TPSA) is 92.2 Å². The number of nitrogens with two attached hydrogens (primary N) is 2. The van der Waals surface area contributed by atoms with Gasteiger partial charge >= 0.3 is 29.6 Å². The second kappa shape index (κ2) is 4.35. The third-order valence-corrected chi connectivity index (χ3v) is 1.30. The number of aromatic carboxylic acids is 1. The fraction of sp³-hybridized carbons (Fsp3) is 0. The molecule has 0 bridgehead atoms. The van der Waals surface area contributed by atoms with E-state index in [0.29, 0.717) is 5.69 Å². The van der Waals surface area contributed by atoms with Crippen molar-refractivity contribution in [2.24, 2.45) is 0 Å². The number of anilines is 2. The van der Waals surface area contributed by atoms with Crippen molar-refractivity contribution in [1.29, 1.82) is 0 Å². The molecule has 5 heteroatoms. The van der Waals surface area contributed by atoms with Crippen LogP contribution >= 0.6 is 0 Å². The van der Waals surface area contributed by atoms with Gasteiger partial charge in [-0.3, -0.25) is 0 Å². The van der Waals surface area contributed by atoms with Crippen LogP contribution in [0, 0.1) is 0 Å². The average molecular weight is 174 g/mol. The van der Waals surface area contributed by atoms with Crippen molar-refractivity contribution in [3.63, 3.8) is 0 Å². The van der Waals surface area contributed by atoms with E-state index in [-0.39, 0.29) is 40.8 Å². The van der Waals surface area contributed by atoms with E-state index < -0.39 is 5.97 Å². The summed E-state index contributed by atoms with van der Waals surface area (Å²) in [5.41, 5.74) is 11.1. The molecule has 0 aromatic heterocycles. The summed E-state index contributed by atoms with van der Waals surface area (Å²) in [6.07, 6.45) is 0. The monoisotopic (exact) mass is 174 g/mol. The Morgan fingerprint density at radius 1 is 1.33 bits per heavy atom. The third kappa shape index (κ3) is 2.41. The molecular weight excluding hydrogens is 167 g/mol. The zero-order chi connectivity index (χ0) is 8.43. The predicted molar refractivity (Wildman–Crippen MR) is 39.6 cm³/mol. The molecule has 0 saturated heterocycles. The van der Waals surface area contributed by atoms with Gasteiger partial charge in [0.1, 0.15) is 0 Å². The molecule has 0 saturated carbocycles. The number of hydrogen-bond acceptors (Lipinski definition) is 4. The van der Waals surface area contributed by atoms with Crippen LogP contribution in [0.3, 0.4) is 0 Å². The zero-order valence-electron chi connectivity index (χ0n) is 6.70. The van der Waals surface area contributed by atoms with Gasteiger partial charge < -0.3 is 21.4 Å². The number of carbonyl (C=O) groups excluding carboxylic acids is 1. The molecule has 0 heterocycles. The molecule has 0 spiro atoms. The van der Waals surface area contributed by atoms with Crippen molar-refractivity contribution in [3.05, 3.63) is 23.8 Å². The summed E-state index contributed by atoms with van der Waals surface area (Å²) < 4.78 is 0. The van der Waals surface area contributed by atoms with E-state index in [1.807, 2.05) is 0 Å². The van der Waals surface area contributed by atoms with Crippen LogP contribution in [0.2, 0.25) is 0 Å². The Bertz CT molecular complexity index is 301. The normalized spacial score (nSPS) is 8.67. The van der Waals surface area contributed by atoms with E-state index in [2.05, 4.69) is 0 Å². The maximum absolute atomic E-state index is 10.3. The average Bonchev–Trinajstić information content (AvgIpc) is 1.94. The number of carboxylic acids is 1. The molecule has 0 fully saturated rings. The molecule has 0 amide bonds. The van der Waals surface area contributed by atoms with Gasteiger partial charge in [0.15, 0.2) is 0 Å². The van der Waals surface area contributed by atoms with Crippen molar-refractivity contribution in [2.45, 2.75) is 0 Å². The molecule has 0 unspecified atom stereocenters. The van der Waals surface area contributed by atoms with Crippen LogP contribution < -0.4 is 46.1 Å². The Morgan fingerprint density at radius 3 is 2.33 bits per heavy atom. The second-order valence-corrected chi connectivity index (χ2v) is 2.13. The molecule has 1 aromatic rings. The Hall–Kier alpha value is -0.710. The summed E-state index contributed by atoms with van der Waals surface area (Å²) in [5.74, 6) is -1.31. The van der Waals surface area contributed by atoms with Crippen LogP contribution in [0.15, 0.2) is 18.2 Å². The fourth-order valence-corrected chi connectivity index (χ4v) is 0.751. The third-order valence-electron chi connectivity index (χ3n) is 1.30. The van der Waals surface area contributed by atoms with E-state index in [1.54, 1.807) is 0 Å². The van der Waals surface area contributed by atoms with Gasteiger partial charge in [0, 0.05) is 16.9 Å². The van der Waals surface area contributed by atoms with Gasteiger partial charge in [0.05, 0.1) is 5.97 Å². The van der Waals surface area contributed by atoms with Crippen molar-refractivity contribution in [3.8, 4) is 0 Å². The number of carbonyl (C=O) groups is 1. The minimum atomic E-state index is -1.31. The molecule has 0 aliphatic rings. The molecule has 4 nitrogen and oxygen atoms in total. The SMILES string of the molecule is Nc1ccc(N)c(C(=O)[O-])c1.[Na+]. The second-order valence-electron chi connectivity index (χ2n) is 2.13. The van der Waals surface area contributed by atoms with Gasteiger partial charge in [-0.1, -0.05) is 0 Å². The molecular formula is C7H7N2NaO2. The van der Waals surface area contributed by atoms with E-state index in [0.717, 1.165) is 0 Å². The maximum Gasteiger partial charge on any atom is 1.00 e. The van der Waals surface area contributed by atoms with E-state index in [4.69, 9.17) is 11.5 Å². The summed E-state index contributed by atoms with van der Waals surface area (Å²) >= 11 is 0. The molecule has 0 aliphatic carbocycles. The molecule has 0 radical (unpaired) electrons. The first kappa shape index (κ1) is 11.3. The zero-order valence-corrected chi connectivity index (χ0v) is 8.70. The van der Waals surface area contributed by atoms with Gasteiger partial charge in [-0.15, -0.1) is 0 Å². The van der Waals surface area contributed by atoms with E-state index in [9.17, 15) is 9.90 Å². The van der Waals surface area contributed by atoms with Gasteiger partial charge in [0.25, 0.3) is 0 Å². The molecule has 58 valence electrons. The van der Waals surface area contributed by atoms with Crippen LogP contribution in [-0.2, 0) is 0 Å². The van der Waals surface area contributed by atoms with Crippen molar-refractivity contribution >= 4 is 17.3 Å². The Morgan fingerprint density at radius 2 is 1.92 bits per heavy atom. The molecule has 0 aliphatic heterocycles. The van der Waals surface area contributed by atoms with Crippen molar-refractivity contribution in [1.82, 2.24) is 0 Å². The first-order valence-electron chi connectivity index (χ1n) is 2.97. The molecule has 0 atom stereocenters. The van der Waals surface area contributed by atoms with E-state index >= 15 is 0 Å².